The van der Waals surface area contributed by atoms with Crippen molar-refractivity contribution in [1.29, 1.82) is 0 Å². The van der Waals surface area contributed by atoms with E-state index in [1.165, 1.54) is 0 Å². The van der Waals surface area contributed by atoms with Crippen LogP contribution in [0.1, 0.15) is 56.1 Å². The molecule has 3 aromatic rings. The van der Waals surface area contributed by atoms with Gasteiger partial charge in [-0.2, -0.15) is 0 Å². The van der Waals surface area contributed by atoms with E-state index in [2.05, 4.69) is 64.3 Å². The van der Waals surface area contributed by atoms with Gasteiger partial charge in [-0.15, -0.1) is 0 Å². The van der Waals surface area contributed by atoms with Gasteiger partial charge < -0.3 is 20.1 Å². The van der Waals surface area contributed by atoms with Crippen LogP contribution in [0.4, 0.5) is 5.69 Å². The third-order valence-electron chi connectivity index (χ3n) is 5.91. The molecule has 1 aliphatic rings. The van der Waals surface area contributed by atoms with Crippen LogP contribution in [0.15, 0.2) is 67.1 Å². The van der Waals surface area contributed by atoms with Crippen LogP contribution in [-0.4, -0.2) is 32.0 Å². The lowest BCUT2D eigenvalue weighted by Crippen LogP contribution is -2.32. The molecule has 0 radical (unpaired) electrons. The summed E-state index contributed by atoms with van der Waals surface area (Å²) in [5, 5.41) is 7.09. The summed E-state index contributed by atoms with van der Waals surface area (Å²) < 4.78 is 2.21. The van der Waals surface area contributed by atoms with Crippen LogP contribution in [0.5, 0.6) is 0 Å². The third kappa shape index (κ3) is 5.25. The van der Waals surface area contributed by atoms with Crippen LogP contribution in [0.3, 0.4) is 0 Å². The first-order valence-electron chi connectivity index (χ1n) is 11.3. The van der Waals surface area contributed by atoms with Gasteiger partial charge in [0.25, 0.3) is 0 Å². The number of thiocarbonyl (C=S) groups is 1. The average molecular weight is 462 g/mol. The number of aryl methyl sites for hydroxylation is 1. The fourth-order valence-corrected chi connectivity index (χ4v) is 4.52. The lowest BCUT2D eigenvalue weighted by Gasteiger charge is -2.27. The van der Waals surface area contributed by atoms with Gasteiger partial charge in [0.2, 0.25) is 5.91 Å². The van der Waals surface area contributed by atoms with E-state index in [9.17, 15) is 4.79 Å². The molecule has 1 aliphatic heterocycles. The highest BCUT2D eigenvalue weighted by molar-refractivity contribution is 7.80. The van der Waals surface area contributed by atoms with E-state index in [1.54, 1.807) is 6.20 Å². The molecule has 0 bridgehead atoms. The van der Waals surface area contributed by atoms with Crippen LogP contribution in [-0.2, 0) is 10.3 Å². The molecule has 3 heterocycles. The fraction of sp³-hybridized carbons (Fsp3) is 0.346. The molecule has 7 heteroatoms. The number of rotatable bonds is 6. The first kappa shape index (κ1) is 23.0. The van der Waals surface area contributed by atoms with Gasteiger partial charge >= 0.3 is 0 Å². The normalized spacial score (nSPS) is 18.3. The summed E-state index contributed by atoms with van der Waals surface area (Å²) in [6, 6.07) is 15.7. The molecule has 2 unspecified atom stereocenters. The van der Waals surface area contributed by atoms with E-state index < -0.39 is 0 Å². The Morgan fingerprint density at radius 3 is 2.67 bits per heavy atom. The predicted octanol–water partition coefficient (Wildman–Crippen LogP) is 4.95. The largest absolute Gasteiger partial charge is 0.352 e. The first-order chi connectivity index (χ1) is 15.7. The highest BCUT2D eigenvalue weighted by atomic mass is 32.1. The number of amides is 1. The fourth-order valence-electron chi connectivity index (χ4n) is 4.18. The van der Waals surface area contributed by atoms with E-state index in [0.29, 0.717) is 18.1 Å². The lowest BCUT2D eigenvalue weighted by molar-refractivity contribution is -0.116. The number of benzene rings is 1. The summed E-state index contributed by atoms with van der Waals surface area (Å²) in [4.78, 5) is 19.4. The van der Waals surface area contributed by atoms with Crippen LogP contribution in [0.25, 0.3) is 0 Å². The van der Waals surface area contributed by atoms with Crippen molar-refractivity contribution >= 4 is 28.9 Å². The van der Waals surface area contributed by atoms with Crippen molar-refractivity contribution in [2.75, 3.05) is 11.9 Å². The van der Waals surface area contributed by atoms with Gasteiger partial charge in [0.1, 0.15) is 0 Å². The molecule has 2 aromatic heterocycles. The van der Waals surface area contributed by atoms with Crippen molar-refractivity contribution in [3.63, 3.8) is 0 Å². The smallest absolute Gasteiger partial charge is 0.226 e. The van der Waals surface area contributed by atoms with Gasteiger partial charge in [-0.1, -0.05) is 18.2 Å². The summed E-state index contributed by atoms with van der Waals surface area (Å²) in [6.45, 7) is 9.06. The summed E-state index contributed by atoms with van der Waals surface area (Å²) in [5.74, 6) is -0.0318. The second kappa shape index (κ2) is 9.35. The Bertz CT molecular complexity index is 1130. The number of nitrogens with zero attached hydrogens (tertiary/aromatic N) is 3. The Hall–Kier alpha value is -3.19. The molecule has 0 aliphatic carbocycles. The van der Waals surface area contributed by atoms with Crippen molar-refractivity contribution in [3.8, 4) is 0 Å². The van der Waals surface area contributed by atoms with Crippen molar-refractivity contribution < 1.29 is 4.79 Å². The highest BCUT2D eigenvalue weighted by Crippen LogP contribution is 2.39. The zero-order valence-corrected chi connectivity index (χ0v) is 20.4. The number of aromatic nitrogens is 2. The van der Waals surface area contributed by atoms with Crippen molar-refractivity contribution in [2.45, 2.75) is 51.7 Å². The maximum absolute atomic E-state index is 12.7. The van der Waals surface area contributed by atoms with Crippen molar-refractivity contribution in [3.05, 3.63) is 83.9 Å². The molecule has 0 spiro atoms. The Morgan fingerprint density at radius 1 is 1.18 bits per heavy atom. The predicted molar refractivity (Wildman–Crippen MR) is 136 cm³/mol. The number of carbonyl (C=O) groups is 1. The van der Waals surface area contributed by atoms with E-state index >= 15 is 0 Å². The second-order valence-electron chi connectivity index (χ2n) is 9.51. The lowest BCUT2D eigenvalue weighted by atomic mass is 9.99. The van der Waals surface area contributed by atoms with Crippen LogP contribution < -0.4 is 10.6 Å². The zero-order valence-electron chi connectivity index (χ0n) is 19.6. The number of hydrogen-bond acceptors (Lipinski definition) is 3. The SMILES string of the molecule is Cc1cccc(NC(=O)CCN2C(=S)NC(c3ccccn3)C2c2ccn(C(C)(C)C)c2)c1. The van der Waals surface area contributed by atoms with Crippen molar-refractivity contribution in [1.82, 2.24) is 19.8 Å². The molecule has 0 saturated carbocycles. The Labute approximate surface area is 201 Å². The average Bonchev–Trinajstić information content (AvgIpc) is 3.37. The minimum absolute atomic E-state index is 0.0240. The van der Waals surface area contributed by atoms with E-state index in [-0.39, 0.29) is 23.5 Å². The zero-order chi connectivity index (χ0) is 23.6. The molecule has 1 saturated heterocycles. The standard InChI is InChI=1S/C26H31N5OS/c1-18-8-7-9-20(16-18)28-22(32)12-15-31-24(19-11-14-30(17-19)26(2,3)4)23(29-25(31)33)21-10-5-6-13-27-21/h5-11,13-14,16-17,23-24H,12,15H2,1-4H3,(H,28,32)(H,29,33). The minimum Gasteiger partial charge on any atom is -0.352 e. The molecule has 1 aromatic carbocycles. The quantitative estimate of drug-likeness (QED) is 0.509. The molecule has 172 valence electrons. The molecule has 6 nitrogen and oxygen atoms in total. The Morgan fingerprint density at radius 2 is 2.00 bits per heavy atom. The topological polar surface area (TPSA) is 62.2 Å². The monoisotopic (exact) mass is 461 g/mol. The molecule has 33 heavy (non-hydrogen) atoms. The second-order valence-corrected chi connectivity index (χ2v) is 9.90. The summed E-state index contributed by atoms with van der Waals surface area (Å²) in [6.07, 6.45) is 6.42. The van der Waals surface area contributed by atoms with Gasteiger partial charge in [0, 0.05) is 42.8 Å². The van der Waals surface area contributed by atoms with Gasteiger partial charge in [-0.3, -0.25) is 9.78 Å². The first-order valence-corrected chi connectivity index (χ1v) is 11.7. The van der Waals surface area contributed by atoms with Gasteiger partial charge in [-0.25, -0.2) is 0 Å². The number of nitrogens with one attached hydrogen (secondary N) is 2. The van der Waals surface area contributed by atoms with E-state index in [1.807, 2.05) is 49.4 Å². The van der Waals surface area contributed by atoms with Crippen LogP contribution >= 0.6 is 12.2 Å². The summed E-state index contributed by atoms with van der Waals surface area (Å²) in [7, 11) is 0. The maximum atomic E-state index is 12.7. The van der Waals surface area contributed by atoms with E-state index in [4.69, 9.17) is 12.2 Å². The van der Waals surface area contributed by atoms with Crippen LogP contribution in [0, 0.1) is 6.92 Å². The summed E-state index contributed by atoms with van der Waals surface area (Å²) in [5.41, 5.74) is 3.97. The molecule has 1 amide bonds. The molecule has 1 fully saturated rings. The number of carbonyl (C=O) groups excluding carboxylic acids is 1. The third-order valence-corrected chi connectivity index (χ3v) is 6.26. The molecular weight excluding hydrogens is 430 g/mol. The number of hydrogen-bond donors (Lipinski definition) is 2. The molecule has 2 atom stereocenters. The Balaban J connectivity index is 1.56. The van der Waals surface area contributed by atoms with Gasteiger partial charge in [-0.05, 0) is 81.4 Å². The maximum Gasteiger partial charge on any atom is 0.226 e. The number of pyridine rings is 1. The highest BCUT2D eigenvalue weighted by Gasteiger charge is 2.40. The minimum atomic E-state index is -0.0886. The molecule has 4 rings (SSSR count). The number of anilines is 1. The van der Waals surface area contributed by atoms with Crippen molar-refractivity contribution in [2.24, 2.45) is 0 Å². The molecule has 2 N–H and O–H groups in total. The van der Waals surface area contributed by atoms with Gasteiger partial charge in [0.15, 0.2) is 5.11 Å². The van der Waals surface area contributed by atoms with E-state index in [0.717, 1.165) is 22.5 Å². The summed E-state index contributed by atoms with van der Waals surface area (Å²) >= 11 is 5.72. The Kier molecular flexibility index (Phi) is 6.51. The molecular formula is C26H31N5OS. The van der Waals surface area contributed by atoms with Gasteiger partial charge in [0.05, 0.1) is 17.8 Å². The van der Waals surface area contributed by atoms with Crippen LogP contribution in [0.2, 0.25) is 0 Å².